The lowest BCUT2D eigenvalue weighted by atomic mass is 10.2. The second-order valence-electron chi connectivity index (χ2n) is 6.58. The summed E-state index contributed by atoms with van der Waals surface area (Å²) < 4.78 is 2.27. The number of halogens is 1. The number of hydrogen-bond acceptors (Lipinski definition) is 3. The molecule has 0 saturated heterocycles. The van der Waals surface area contributed by atoms with Gasteiger partial charge in [0.05, 0.1) is 17.6 Å². The highest BCUT2D eigenvalue weighted by Gasteiger charge is 2.20. The summed E-state index contributed by atoms with van der Waals surface area (Å²) in [6, 6.07) is 13.9. The van der Waals surface area contributed by atoms with E-state index in [9.17, 15) is 4.79 Å². The van der Waals surface area contributed by atoms with Crippen LogP contribution in [0.2, 0.25) is 5.02 Å². The minimum atomic E-state index is 0.0607. The van der Waals surface area contributed by atoms with Gasteiger partial charge in [-0.2, -0.15) is 0 Å². The van der Waals surface area contributed by atoms with Gasteiger partial charge in [-0.1, -0.05) is 18.5 Å². The second-order valence-corrected chi connectivity index (χ2v) is 7.02. The first kappa shape index (κ1) is 16.9. The fourth-order valence-corrected chi connectivity index (χ4v) is 3.59. The van der Waals surface area contributed by atoms with Gasteiger partial charge in [-0.05, 0) is 48.9 Å². The number of nitrogens with one attached hydrogen (secondary N) is 1. The van der Waals surface area contributed by atoms with Crippen LogP contribution < -0.4 is 10.2 Å². The van der Waals surface area contributed by atoms with Crippen LogP contribution in [0.3, 0.4) is 0 Å². The Bertz CT molecular complexity index is 948. The van der Waals surface area contributed by atoms with Gasteiger partial charge in [-0.3, -0.25) is 4.79 Å². The fraction of sp³-hybridized carbons (Fsp3) is 0.300. The Kier molecular flexibility index (Phi) is 4.55. The molecule has 2 aromatic carbocycles. The number of hydrogen-bond donors (Lipinski definition) is 1. The number of benzene rings is 2. The van der Waals surface area contributed by atoms with Crippen molar-refractivity contribution in [1.82, 2.24) is 9.55 Å². The topological polar surface area (TPSA) is 50.2 Å². The van der Waals surface area contributed by atoms with Crippen LogP contribution in [0.15, 0.2) is 42.5 Å². The van der Waals surface area contributed by atoms with Gasteiger partial charge in [0.2, 0.25) is 5.91 Å². The van der Waals surface area contributed by atoms with E-state index in [4.69, 9.17) is 16.6 Å². The number of rotatable bonds is 4. The molecular weight excluding hydrogens is 348 g/mol. The lowest BCUT2D eigenvalue weighted by Gasteiger charge is -2.30. The third kappa shape index (κ3) is 3.27. The molecule has 0 saturated carbocycles. The first-order valence-electron chi connectivity index (χ1n) is 8.93. The van der Waals surface area contributed by atoms with Crippen LogP contribution in [0.25, 0.3) is 11.0 Å². The lowest BCUT2D eigenvalue weighted by molar-refractivity contribution is -0.116. The smallest absolute Gasteiger partial charge is 0.224 e. The van der Waals surface area contributed by atoms with Crippen molar-refractivity contribution in [1.29, 1.82) is 0 Å². The Morgan fingerprint density at radius 1 is 1.19 bits per heavy atom. The molecule has 0 unspecified atom stereocenters. The van der Waals surface area contributed by atoms with Crippen molar-refractivity contribution in [3.63, 3.8) is 0 Å². The van der Waals surface area contributed by atoms with E-state index in [1.165, 1.54) is 0 Å². The van der Waals surface area contributed by atoms with Crippen LogP contribution in [-0.4, -0.2) is 22.0 Å². The highest BCUT2D eigenvalue weighted by Crippen LogP contribution is 2.27. The van der Waals surface area contributed by atoms with E-state index in [1.807, 2.05) is 37.3 Å². The monoisotopic (exact) mass is 368 g/mol. The average molecular weight is 369 g/mol. The number of carbonyl (C=O) groups excluding carboxylic acids is 1. The van der Waals surface area contributed by atoms with Gasteiger partial charge < -0.3 is 14.8 Å². The first-order valence-corrected chi connectivity index (χ1v) is 9.31. The third-order valence-corrected chi connectivity index (χ3v) is 4.94. The Morgan fingerprint density at radius 2 is 2.00 bits per heavy atom. The number of nitrogens with zero attached hydrogens (tertiary/aromatic N) is 3. The fourth-order valence-electron chi connectivity index (χ4n) is 3.42. The maximum Gasteiger partial charge on any atom is 0.224 e. The molecule has 0 atom stereocenters. The van der Waals surface area contributed by atoms with Gasteiger partial charge in [-0.15, -0.1) is 0 Å². The minimum Gasteiger partial charge on any atom is -0.362 e. The maximum atomic E-state index is 11.7. The molecule has 0 fully saturated rings. The van der Waals surface area contributed by atoms with Crippen LogP contribution in [0.1, 0.15) is 25.6 Å². The molecule has 134 valence electrons. The van der Waals surface area contributed by atoms with E-state index in [0.717, 1.165) is 54.3 Å². The normalized spacial score (nSPS) is 13.7. The van der Waals surface area contributed by atoms with Crippen LogP contribution in [0.5, 0.6) is 0 Å². The molecular formula is C20H21ClN4O. The lowest BCUT2D eigenvalue weighted by Crippen LogP contribution is -2.33. The molecule has 0 radical (unpaired) electrons. The van der Waals surface area contributed by atoms with E-state index in [-0.39, 0.29) is 5.91 Å². The van der Waals surface area contributed by atoms with Crippen molar-refractivity contribution in [2.45, 2.75) is 32.9 Å². The zero-order valence-electron chi connectivity index (χ0n) is 14.7. The highest BCUT2D eigenvalue weighted by atomic mass is 35.5. The van der Waals surface area contributed by atoms with Gasteiger partial charge >= 0.3 is 0 Å². The first-order chi connectivity index (χ1) is 12.6. The number of aromatic nitrogens is 2. The number of imidazole rings is 1. The summed E-state index contributed by atoms with van der Waals surface area (Å²) in [4.78, 5) is 18.8. The molecule has 0 aliphatic carbocycles. The summed E-state index contributed by atoms with van der Waals surface area (Å²) in [6.45, 7) is 4.57. The summed E-state index contributed by atoms with van der Waals surface area (Å²) in [5, 5.41) is 3.64. The molecule has 6 heteroatoms. The molecule has 5 nitrogen and oxygen atoms in total. The Balaban J connectivity index is 1.51. The molecule has 4 rings (SSSR count). The predicted octanol–water partition coefficient (Wildman–Crippen LogP) is 4.45. The van der Waals surface area contributed by atoms with E-state index < -0.39 is 0 Å². The molecule has 26 heavy (non-hydrogen) atoms. The van der Waals surface area contributed by atoms with Crippen molar-refractivity contribution in [3.8, 4) is 0 Å². The van der Waals surface area contributed by atoms with Crippen LogP contribution >= 0.6 is 11.6 Å². The summed E-state index contributed by atoms with van der Waals surface area (Å²) in [6.07, 6.45) is 1.40. The molecule has 1 aliphatic heterocycles. The molecule has 2 heterocycles. The van der Waals surface area contributed by atoms with Crippen LogP contribution in [-0.2, 0) is 17.9 Å². The van der Waals surface area contributed by atoms with Crippen molar-refractivity contribution >= 4 is 39.9 Å². The minimum absolute atomic E-state index is 0.0607. The molecule has 1 aliphatic rings. The zero-order valence-corrected chi connectivity index (χ0v) is 15.5. The number of amides is 1. The zero-order chi connectivity index (χ0) is 18.1. The van der Waals surface area contributed by atoms with Crippen molar-refractivity contribution < 1.29 is 4.79 Å². The standard InChI is InChI=1S/C20H21ClN4O/c1-2-3-20(26)22-15-5-7-16(8-6-15)24-10-11-25-18-9-4-14(21)12-17(18)23-19(25)13-24/h4-9,12H,2-3,10-11,13H2,1H3,(H,22,26). The molecule has 0 spiro atoms. The molecule has 1 amide bonds. The van der Waals surface area contributed by atoms with E-state index >= 15 is 0 Å². The number of anilines is 2. The van der Waals surface area contributed by atoms with Crippen molar-refractivity contribution in [2.75, 3.05) is 16.8 Å². The Hall–Kier alpha value is -2.53. The van der Waals surface area contributed by atoms with Gasteiger partial charge in [0.25, 0.3) is 0 Å². The van der Waals surface area contributed by atoms with Crippen LogP contribution in [0.4, 0.5) is 11.4 Å². The molecule has 0 bridgehead atoms. The molecule has 1 aromatic heterocycles. The molecule has 1 N–H and O–H groups in total. The van der Waals surface area contributed by atoms with Gasteiger partial charge in [0.15, 0.2) is 0 Å². The Morgan fingerprint density at radius 3 is 2.77 bits per heavy atom. The number of fused-ring (bicyclic) bond motifs is 3. The average Bonchev–Trinajstić information content (AvgIpc) is 2.99. The second kappa shape index (κ2) is 7.00. The summed E-state index contributed by atoms with van der Waals surface area (Å²) >= 11 is 6.09. The summed E-state index contributed by atoms with van der Waals surface area (Å²) in [5.41, 5.74) is 4.06. The largest absolute Gasteiger partial charge is 0.362 e. The van der Waals surface area contributed by atoms with Crippen molar-refractivity contribution in [3.05, 3.63) is 53.3 Å². The predicted molar refractivity (Wildman–Crippen MR) is 106 cm³/mol. The maximum absolute atomic E-state index is 11.7. The van der Waals surface area contributed by atoms with E-state index in [0.29, 0.717) is 11.4 Å². The third-order valence-electron chi connectivity index (χ3n) is 4.71. The number of carbonyl (C=O) groups is 1. The summed E-state index contributed by atoms with van der Waals surface area (Å²) in [5.74, 6) is 1.11. The van der Waals surface area contributed by atoms with Gasteiger partial charge in [0.1, 0.15) is 5.82 Å². The Labute approximate surface area is 157 Å². The quantitative estimate of drug-likeness (QED) is 0.740. The van der Waals surface area contributed by atoms with Crippen molar-refractivity contribution in [2.24, 2.45) is 0 Å². The molecule has 3 aromatic rings. The van der Waals surface area contributed by atoms with Gasteiger partial charge in [0, 0.05) is 35.9 Å². The summed E-state index contributed by atoms with van der Waals surface area (Å²) in [7, 11) is 0. The highest BCUT2D eigenvalue weighted by molar-refractivity contribution is 6.31. The van der Waals surface area contributed by atoms with Crippen LogP contribution in [0, 0.1) is 0 Å². The SMILES string of the molecule is CCCC(=O)Nc1ccc(N2CCn3c(nc4cc(Cl)ccc43)C2)cc1. The van der Waals surface area contributed by atoms with E-state index in [2.05, 4.69) is 26.9 Å². The van der Waals surface area contributed by atoms with Gasteiger partial charge in [-0.25, -0.2) is 4.98 Å². The van der Waals surface area contributed by atoms with E-state index in [1.54, 1.807) is 0 Å².